The molecular weight excluding hydrogens is 578 g/mol. The van der Waals surface area contributed by atoms with Crippen LogP contribution in [0.3, 0.4) is 0 Å². The van der Waals surface area contributed by atoms with Crippen molar-refractivity contribution in [1.29, 1.82) is 0 Å². The lowest BCUT2D eigenvalue weighted by Crippen LogP contribution is -2.30. The first kappa shape index (κ1) is 30.9. The fourth-order valence-electron chi connectivity index (χ4n) is 4.36. The minimum Gasteiger partial charge on any atom is -0.453 e. The van der Waals surface area contributed by atoms with E-state index in [4.69, 9.17) is 17.4 Å². The highest BCUT2D eigenvalue weighted by Gasteiger charge is 2.23. The number of benzene rings is 2. The number of nitrogens with zero attached hydrogens (tertiary/aromatic N) is 4. The van der Waals surface area contributed by atoms with E-state index in [0.717, 1.165) is 0 Å². The molecule has 1 aliphatic rings. The van der Waals surface area contributed by atoms with Crippen LogP contribution in [0.25, 0.3) is 17.3 Å². The van der Waals surface area contributed by atoms with Crippen molar-refractivity contribution in [1.82, 2.24) is 15.3 Å². The molecule has 0 aliphatic carbocycles. The number of fused-ring (bicyclic) bond motifs is 4. The van der Waals surface area contributed by atoms with Gasteiger partial charge in [-0.1, -0.05) is 11.6 Å². The van der Waals surface area contributed by atoms with E-state index in [1.807, 2.05) is 0 Å². The van der Waals surface area contributed by atoms with Crippen molar-refractivity contribution in [3.63, 3.8) is 0 Å². The van der Waals surface area contributed by atoms with Gasteiger partial charge in [0.25, 0.3) is 0 Å². The number of carbonyl (C=O) groups is 3. The zero-order chi connectivity index (χ0) is 30.9. The van der Waals surface area contributed by atoms with Crippen molar-refractivity contribution in [3.8, 4) is 11.3 Å². The largest absolute Gasteiger partial charge is 0.453 e. The number of aromatic nitrogens is 2. The second-order valence-electron chi connectivity index (χ2n) is 9.41. The van der Waals surface area contributed by atoms with Gasteiger partial charge in [0.1, 0.15) is 12.2 Å². The maximum atomic E-state index is 13.1. The Labute approximate surface area is 251 Å². The minimum atomic E-state index is -0.986. The molecule has 0 radical (unpaired) electrons. The van der Waals surface area contributed by atoms with Gasteiger partial charge in [0, 0.05) is 40.8 Å². The van der Waals surface area contributed by atoms with Gasteiger partial charge in [0.2, 0.25) is 11.8 Å². The predicted molar refractivity (Wildman–Crippen MR) is 165 cm³/mol. The normalized spacial score (nSPS) is 16.9. The zero-order valence-electron chi connectivity index (χ0n) is 23.1. The first-order valence-corrected chi connectivity index (χ1v) is 13.4. The maximum absolute atomic E-state index is 13.1. The lowest BCUT2D eigenvalue weighted by Gasteiger charge is -2.19. The Kier molecular flexibility index (Phi) is 10.2. The van der Waals surface area contributed by atoms with Crippen LogP contribution in [0.15, 0.2) is 58.9 Å². The highest BCUT2D eigenvalue weighted by atomic mass is 35.5. The molecule has 3 aromatic rings. The molecule has 2 aromatic carbocycles. The molecule has 2 heterocycles. The third-order valence-corrected chi connectivity index (χ3v) is 6.63. The van der Waals surface area contributed by atoms with E-state index >= 15 is 0 Å². The van der Waals surface area contributed by atoms with Crippen molar-refractivity contribution in [2.75, 3.05) is 22.8 Å². The summed E-state index contributed by atoms with van der Waals surface area (Å²) in [6.45, 7) is 3.27. The average molecular weight is 608 g/mol. The molecule has 2 atom stereocenters. The SMILES string of the molecule is C=N/N=C\N(N)c1ccc(Cl)cc1/C=C/C(=O)N[C@H]1CCC(O)CC(=O)Nc2cc(NC(=O)OC)ccc2-c2c[nH]c1n2. The van der Waals surface area contributed by atoms with E-state index in [0.29, 0.717) is 51.2 Å². The molecule has 4 rings (SSSR count). The smallest absolute Gasteiger partial charge is 0.411 e. The number of ether oxygens (including phenoxy) is 1. The average Bonchev–Trinajstić information content (AvgIpc) is 3.46. The van der Waals surface area contributed by atoms with Gasteiger partial charge in [-0.25, -0.2) is 15.6 Å². The van der Waals surface area contributed by atoms with Crippen LogP contribution in [0, 0.1) is 0 Å². The van der Waals surface area contributed by atoms with Crippen LogP contribution in [0.2, 0.25) is 5.02 Å². The third kappa shape index (κ3) is 8.25. The number of nitrogens with two attached hydrogens (primary N) is 1. The van der Waals surface area contributed by atoms with Crippen molar-refractivity contribution < 1.29 is 24.2 Å². The Morgan fingerprint density at radius 3 is 2.86 bits per heavy atom. The van der Waals surface area contributed by atoms with Gasteiger partial charge in [-0.3, -0.25) is 19.9 Å². The molecule has 3 amide bonds. The fourth-order valence-corrected chi connectivity index (χ4v) is 4.54. The third-order valence-electron chi connectivity index (χ3n) is 6.39. The second-order valence-corrected chi connectivity index (χ2v) is 9.85. The van der Waals surface area contributed by atoms with Crippen LogP contribution in [-0.4, -0.2) is 59.3 Å². The Hall–Kier alpha value is -5.05. The molecule has 0 fully saturated rings. The zero-order valence-corrected chi connectivity index (χ0v) is 23.8. The van der Waals surface area contributed by atoms with Crippen molar-refractivity contribution in [2.24, 2.45) is 16.0 Å². The summed E-state index contributed by atoms with van der Waals surface area (Å²) in [5.74, 6) is 5.59. The lowest BCUT2D eigenvalue weighted by molar-refractivity contribution is -0.119. The second kappa shape index (κ2) is 14.2. The summed E-state index contributed by atoms with van der Waals surface area (Å²) in [6.07, 6.45) is 4.43. The number of carbonyl (C=O) groups excluding carboxylic acids is 3. The van der Waals surface area contributed by atoms with Gasteiger partial charge in [-0.2, -0.15) is 5.10 Å². The molecule has 7 N–H and O–H groups in total. The molecule has 1 aromatic heterocycles. The monoisotopic (exact) mass is 607 g/mol. The van der Waals surface area contributed by atoms with Crippen LogP contribution >= 0.6 is 11.6 Å². The molecule has 0 spiro atoms. The molecule has 1 unspecified atom stereocenters. The minimum absolute atomic E-state index is 0.175. The number of hydrogen-bond acceptors (Lipinski definition) is 9. The summed E-state index contributed by atoms with van der Waals surface area (Å²) in [7, 11) is 1.24. The van der Waals surface area contributed by atoms with Gasteiger partial charge in [-0.05, 0) is 55.3 Å². The summed E-state index contributed by atoms with van der Waals surface area (Å²) < 4.78 is 4.64. The van der Waals surface area contributed by atoms with Crippen LogP contribution in [0.5, 0.6) is 0 Å². The van der Waals surface area contributed by atoms with Crippen molar-refractivity contribution in [2.45, 2.75) is 31.4 Å². The van der Waals surface area contributed by atoms with Crippen LogP contribution < -0.4 is 26.8 Å². The number of imidazole rings is 1. The quantitative estimate of drug-likeness (QED) is 0.0769. The Bertz CT molecular complexity index is 1570. The van der Waals surface area contributed by atoms with Crippen LogP contribution in [-0.2, 0) is 14.3 Å². The number of rotatable bonds is 7. The van der Waals surface area contributed by atoms with Crippen LogP contribution in [0.1, 0.15) is 36.7 Å². The topological polar surface area (TPSA) is 199 Å². The number of nitrogens with one attached hydrogen (secondary N) is 4. The predicted octanol–water partition coefficient (Wildman–Crippen LogP) is 3.59. The number of halogens is 1. The fraction of sp³-hybridized carbons (Fsp3) is 0.214. The number of methoxy groups -OCH3 is 1. The molecule has 0 saturated carbocycles. The van der Waals surface area contributed by atoms with E-state index < -0.39 is 30.1 Å². The molecule has 43 heavy (non-hydrogen) atoms. The molecule has 14 nitrogen and oxygen atoms in total. The van der Waals surface area contributed by atoms with E-state index in [-0.39, 0.29) is 12.8 Å². The van der Waals surface area contributed by atoms with E-state index in [2.05, 4.69) is 47.6 Å². The van der Waals surface area contributed by atoms with Gasteiger partial charge < -0.3 is 25.5 Å². The van der Waals surface area contributed by atoms with E-state index in [9.17, 15) is 19.5 Å². The number of aliphatic hydroxyl groups is 1. The number of H-pyrrole nitrogens is 1. The van der Waals surface area contributed by atoms with Gasteiger partial charge in [0.05, 0.1) is 42.7 Å². The molecule has 224 valence electrons. The Morgan fingerprint density at radius 1 is 1.28 bits per heavy atom. The standard InChI is InChI=1S/C28H30ClN9O5/c1-31-33-15-38(30)24-9-4-17(29)11-16(24)3-10-25(40)35-21-8-6-19(39)13-26(41)36-22-12-18(34-28(42)43-2)5-7-20(22)23-14-32-27(21)37-23/h3-5,7,9-12,14-15,19,21,39H,1,6,8,13,30H2,2H3,(H,32,37)(H,34,42)(H,35,40)(H,36,41)/b10-3+,33-15-/t19?,21-/m0/s1. The van der Waals surface area contributed by atoms with E-state index in [1.54, 1.807) is 48.7 Å². The number of aliphatic hydroxyl groups excluding tert-OH is 1. The summed E-state index contributed by atoms with van der Waals surface area (Å²) in [4.78, 5) is 45.2. The first-order valence-electron chi connectivity index (χ1n) is 13.0. The summed E-state index contributed by atoms with van der Waals surface area (Å²) in [6, 6.07) is 9.19. The number of hydrazine groups is 1. The summed E-state index contributed by atoms with van der Waals surface area (Å²) >= 11 is 6.16. The van der Waals surface area contributed by atoms with E-state index in [1.165, 1.54) is 24.5 Å². The summed E-state index contributed by atoms with van der Waals surface area (Å²) in [5, 5.41) is 27.5. The molecule has 2 bridgehead atoms. The van der Waals surface area contributed by atoms with Gasteiger partial charge >= 0.3 is 6.09 Å². The Balaban J connectivity index is 1.60. The Morgan fingerprint density at radius 2 is 2.09 bits per heavy atom. The van der Waals surface area contributed by atoms with Gasteiger partial charge in [-0.15, -0.1) is 5.10 Å². The molecule has 1 aliphatic heterocycles. The van der Waals surface area contributed by atoms with Crippen LogP contribution in [0.4, 0.5) is 21.9 Å². The maximum Gasteiger partial charge on any atom is 0.411 e. The lowest BCUT2D eigenvalue weighted by atomic mass is 10.0. The number of amides is 3. The highest BCUT2D eigenvalue weighted by Crippen LogP contribution is 2.32. The van der Waals surface area contributed by atoms with Crippen molar-refractivity contribution >= 4 is 65.7 Å². The highest BCUT2D eigenvalue weighted by molar-refractivity contribution is 6.30. The molecule has 0 saturated heterocycles. The van der Waals surface area contributed by atoms with Gasteiger partial charge in [0.15, 0.2) is 0 Å². The number of aromatic amines is 1. The summed E-state index contributed by atoms with van der Waals surface area (Å²) in [5.41, 5.74) is 2.85. The number of hydrogen-bond donors (Lipinski definition) is 6. The molecule has 15 heteroatoms. The molecular formula is C28H30ClN9O5. The first-order chi connectivity index (χ1) is 20.7. The number of anilines is 3. The van der Waals surface area contributed by atoms with Crippen molar-refractivity contribution in [3.05, 3.63) is 65.1 Å².